The van der Waals surface area contributed by atoms with E-state index in [0.717, 1.165) is 11.4 Å². The number of hydrogen-bond donors (Lipinski definition) is 1. The van der Waals surface area contributed by atoms with Gasteiger partial charge in [0.1, 0.15) is 24.1 Å². The van der Waals surface area contributed by atoms with Crippen molar-refractivity contribution < 1.29 is 4.79 Å². The van der Waals surface area contributed by atoms with Gasteiger partial charge in [0, 0.05) is 18.5 Å². The van der Waals surface area contributed by atoms with E-state index in [1.54, 1.807) is 11.7 Å². The Kier molecular flexibility index (Phi) is 4.73. The fourth-order valence-electron chi connectivity index (χ4n) is 3.12. The third kappa shape index (κ3) is 3.61. The first-order chi connectivity index (χ1) is 14.2. The highest BCUT2D eigenvalue weighted by Crippen LogP contribution is 2.26. The van der Waals surface area contributed by atoms with Crippen LogP contribution in [0.3, 0.4) is 0 Å². The first-order valence-corrected chi connectivity index (χ1v) is 9.57. The Bertz CT molecular complexity index is 1280. The molecule has 0 atom stereocenters. The van der Waals surface area contributed by atoms with Crippen molar-refractivity contribution in [2.75, 3.05) is 5.32 Å². The molecule has 0 aliphatic carbocycles. The Morgan fingerprint density at radius 3 is 2.60 bits per heavy atom. The second kappa shape index (κ2) is 7.25. The average molecular weight is 405 g/mol. The molecule has 4 rings (SSSR count). The quantitative estimate of drug-likeness (QED) is 0.561. The molecule has 9 heteroatoms. The fourth-order valence-corrected chi connectivity index (χ4v) is 3.12. The van der Waals surface area contributed by atoms with Crippen molar-refractivity contribution >= 4 is 22.8 Å². The topological polar surface area (TPSA) is 99.6 Å². The molecule has 1 amide bonds. The number of hydrogen-bond acceptors (Lipinski definition) is 5. The van der Waals surface area contributed by atoms with Gasteiger partial charge in [-0.15, -0.1) is 0 Å². The van der Waals surface area contributed by atoms with Crippen molar-refractivity contribution in [1.29, 1.82) is 0 Å². The molecule has 0 bridgehead atoms. The van der Waals surface area contributed by atoms with Crippen LogP contribution < -0.4 is 10.9 Å². The summed E-state index contributed by atoms with van der Waals surface area (Å²) in [5, 5.41) is 12.0. The zero-order valence-electron chi connectivity index (χ0n) is 17.3. The van der Waals surface area contributed by atoms with E-state index in [-0.39, 0.29) is 23.4 Å². The number of carbonyl (C=O) groups excluding carboxylic acids is 1. The van der Waals surface area contributed by atoms with Gasteiger partial charge < -0.3 is 5.32 Å². The summed E-state index contributed by atoms with van der Waals surface area (Å²) in [6.45, 7) is 6.02. The zero-order valence-corrected chi connectivity index (χ0v) is 17.3. The minimum absolute atomic E-state index is 0.165. The normalized spacial score (nSPS) is 11.7. The van der Waals surface area contributed by atoms with E-state index >= 15 is 0 Å². The third-order valence-corrected chi connectivity index (χ3v) is 4.78. The largest absolute Gasteiger partial charge is 0.309 e. The molecular weight excluding hydrogens is 382 g/mol. The van der Waals surface area contributed by atoms with E-state index in [9.17, 15) is 9.59 Å². The van der Waals surface area contributed by atoms with Gasteiger partial charge in [0.25, 0.3) is 5.56 Å². The lowest BCUT2D eigenvalue weighted by Crippen LogP contribution is -2.28. The second-order valence-electron chi connectivity index (χ2n) is 8.14. The smallest absolute Gasteiger partial charge is 0.264 e. The number of carbonyl (C=O) groups is 1. The van der Waals surface area contributed by atoms with Crippen LogP contribution in [-0.4, -0.2) is 35.0 Å². The second-order valence-corrected chi connectivity index (χ2v) is 8.14. The predicted octanol–water partition coefficient (Wildman–Crippen LogP) is 2.25. The van der Waals surface area contributed by atoms with Crippen LogP contribution in [0.15, 0.2) is 53.7 Å². The summed E-state index contributed by atoms with van der Waals surface area (Å²) in [4.78, 5) is 29.6. The summed E-state index contributed by atoms with van der Waals surface area (Å²) in [6.07, 6.45) is 2.82. The first kappa shape index (κ1) is 19.6. The van der Waals surface area contributed by atoms with Gasteiger partial charge in [-0.2, -0.15) is 10.2 Å². The van der Waals surface area contributed by atoms with Crippen LogP contribution in [0.4, 0.5) is 5.82 Å². The van der Waals surface area contributed by atoms with Gasteiger partial charge in [-0.3, -0.25) is 18.8 Å². The first-order valence-electron chi connectivity index (χ1n) is 9.57. The molecule has 3 aromatic heterocycles. The zero-order chi connectivity index (χ0) is 21.5. The molecule has 0 aliphatic rings. The minimum atomic E-state index is -0.348. The van der Waals surface area contributed by atoms with Crippen LogP contribution in [0.25, 0.3) is 16.7 Å². The number of nitrogens with one attached hydrogen (secondary N) is 1. The van der Waals surface area contributed by atoms with Crippen LogP contribution in [-0.2, 0) is 23.8 Å². The van der Waals surface area contributed by atoms with Gasteiger partial charge in [-0.25, -0.2) is 9.67 Å². The predicted molar refractivity (Wildman–Crippen MR) is 114 cm³/mol. The number of anilines is 1. The molecule has 1 N–H and O–H groups in total. The summed E-state index contributed by atoms with van der Waals surface area (Å²) in [5.41, 5.74) is 1.66. The summed E-state index contributed by atoms with van der Waals surface area (Å²) in [6, 6.07) is 11.4. The van der Waals surface area contributed by atoms with Crippen LogP contribution in [0.5, 0.6) is 0 Å². The van der Waals surface area contributed by atoms with Crippen LogP contribution in [0, 0.1) is 0 Å². The molecule has 0 radical (unpaired) electrons. The molecule has 0 saturated carbocycles. The maximum absolute atomic E-state index is 12.8. The van der Waals surface area contributed by atoms with Crippen molar-refractivity contribution in [2.45, 2.75) is 32.7 Å². The van der Waals surface area contributed by atoms with Crippen LogP contribution in [0.2, 0.25) is 0 Å². The minimum Gasteiger partial charge on any atom is -0.309 e. The lowest BCUT2D eigenvalue weighted by atomic mass is 9.92. The molecule has 154 valence electrons. The number of nitrogens with zero attached hydrogens (tertiary/aromatic N) is 6. The molecule has 0 spiro atoms. The lowest BCUT2D eigenvalue weighted by Gasteiger charge is -2.14. The summed E-state index contributed by atoms with van der Waals surface area (Å²) < 4.78 is 4.49. The van der Waals surface area contributed by atoms with Gasteiger partial charge in [-0.05, 0) is 12.1 Å². The lowest BCUT2D eigenvalue weighted by molar-refractivity contribution is -0.116. The molecule has 30 heavy (non-hydrogen) atoms. The third-order valence-electron chi connectivity index (χ3n) is 4.78. The highest BCUT2D eigenvalue weighted by Gasteiger charge is 2.21. The van der Waals surface area contributed by atoms with E-state index in [1.165, 1.54) is 21.8 Å². The molecule has 9 nitrogen and oxygen atoms in total. The highest BCUT2D eigenvalue weighted by molar-refractivity contribution is 5.90. The Morgan fingerprint density at radius 2 is 1.90 bits per heavy atom. The van der Waals surface area contributed by atoms with Gasteiger partial charge >= 0.3 is 0 Å². The van der Waals surface area contributed by atoms with Gasteiger partial charge in [0.05, 0.1) is 17.6 Å². The van der Waals surface area contributed by atoms with Crippen molar-refractivity contribution in [3.8, 4) is 5.69 Å². The average Bonchev–Trinajstić information content (AvgIpc) is 3.29. The van der Waals surface area contributed by atoms with Crippen molar-refractivity contribution in [3.05, 3.63) is 65.0 Å². The number of benzene rings is 1. The SMILES string of the molecule is Cn1ncc2c(=O)n(CC(=O)Nc3cc(C(C)(C)C)nn3-c3ccccc3)cnc21. The number of amides is 1. The highest BCUT2D eigenvalue weighted by atomic mass is 16.2. The van der Waals surface area contributed by atoms with Crippen molar-refractivity contribution in [2.24, 2.45) is 7.05 Å². The summed E-state index contributed by atoms with van der Waals surface area (Å²) >= 11 is 0. The van der Waals surface area contributed by atoms with E-state index < -0.39 is 0 Å². The van der Waals surface area contributed by atoms with E-state index in [0.29, 0.717) is 16.9 Å². The maximum Gasteiger partial charge on any atom is 0.264 e. The maximum atomic E-state index is 12.8. The van der Waals surface area contributed by atoms with Crippen molar-refractivity contribution in [3.63, 3.8) is 0 Å². The van der Waals surface area contributed by atoms with Crippen molar-refractivity contribution in [1.82, 2.24) is 29.1 Å². The number of fused-ring (bicyclic) bond motifs is 1. The number of para-hydroxylation sites is 1. The monoisotopic (exact) mass is 405 g/mol. The number of aryl methyl sites for hydroxylation is 1. The Morgan fingerprint density at radius 1 is 1.17 bits per heavy atom. The van der Waals surface area contributed by atoms with Gasteiger partial charge in [0.15, 0.2) is 5.65 Å². The summed E-state index contributed by atoms with van der Waals surface area (Å²) in [5.74, 6) is 0.194. The fraction of sp³-hybridized carbons (Fsp3) is 0.286. The molecule has 4 aromatic rings. The number of rotatable bonds is 4. The Balaban J connectivity index is 1.64. The van der Waals surface area contributed by atoms with E-state index in [2.05, 4.69) is 41.3 Å². The van der Waals surface area contributed by atoms with E-state index in [4.69, 9.17) is 0 Å². The molecule has 1 aromatic carbocycles. The molecule has 0 unspecified atom stereocenters. The van der Waals surface area contributed by atoms with Crippen LogP contribution >= 0.6 is 0 Å². The number of aromatic nitrogens is 6. The summed E-state index contributed by atoms with van der Waals surface area (Å²) in [7, 11) is 1.71. The van der Waals surface area contributed by atoms with Crippen LogP contribution in [0.1, 0.15) is 26.5 Å². The van der Waals surface area contributed by atoms with Gasteiger partial charge in [-0.1, -0.05) is 39.0 Å². The Labute approximate surface area is 173 Å². The molecule has 0 saturated heterocycles. The molecular formula is C21H23N7O2. The Hall–Kier alpha value is -3.75. The molecule has 0 aliphatic heterocycles. The van der Waals surface area contributed by atoms with E-state index in [1.807, 2.05) is 36.4 Å². The standard InChI is InChI=1S/C21H23N7O2/c1-21(2,3)16-10-17(28(25-16)14-8-6-5-7-9-14)24-18(29)12-27-13-22-19-15(20(27)30)11-23-26(19)4/h5-11,13H,12H2,1-4H3,(H,24,29). The molecule has 0 fully saturated rings. The molecule has 3 heterocycles. The van der Waals surface area contributed by atoms with Gasteiger partial charge in [0.2, 0.25) is 5.91 Å².